The Morgan fingerprint density at radius 2 is 0.988 bits per heavy atom. The van der Waals surface area contributed by atoms with Crippen LogP contribution in [0.25, 0.3) is 0 Å². The predicted molar refractivity (Wildman–Crippen MR) is 321 cm³/mol. The van der Waals surface area contributed by atoms with Gasteiger partial charge in [-0.2, -0.15) is 0 Å². The van der Waals surface area contributed by atoms with Gasteiger partial charge in [0.15, 0.2) is 0 Å². The van der Waals surface area contributed by atoms with Crippen molar-refractivity contribution in [3.63, 3.8) is 0 Å². The number of sulfonamides is 2. The number of nitrogens with one attached hydrogen (secondary N) is 2. The third kappa shape index (κ3) is 11.2. The van der Waals surface area contributed by atoms with E-state index in [1.807, 2.05) is 36.4 Å². The van der Waals surface area contributed by atoms with Crippen molar-refractivity contribution in [2.45, 2.75) is 111 Å². The Hall–Kier alpha value is -5.18. The first kappa shape index (κ1) is 57.9. The number of ether oxygens (including phenoxy) is 4. The molecule has 2 saturated heterocycles. The normalized spacial score (nSPS) is 34.6. The minimum absolute atomic E-state index is 0.0367. The van der Waals surface area contributed by atoms with Gasteiger partial charge >= 0.3 is 0 Å². The van der Waals surface area contributed by atoms with Crippen LogP contribution >= 0.6 is 23.2 Å². The molecule has 4 bridgehead atoms. The van der Waals surface area contributed by atoms with Crippen LogP contribution in [-0.2, 0) is 53.2 Å². The number of benzene rings is 4. The topological polar surface area (TPSA) is 210 Å². The van der Waals surface area contributed by atoms with Crippen LogP contribution in [-0.4, -0.2) is 127 Å². The summed E-state index contributed by atoms with van der Waals surface area (Å²) >= 11 is 12.8. The van der Waals surface area contributed by atoms with E-state index in [0.29, 0.717) is 76.9 Å². The molecule has 20 heteroatoms. The van der Waals surface area contributed by atoms with E-state index in [1.165, 1.54) is 22.3 Å². The maximum atomic E-state index is 13.4. The second-order valence-corrected chi connectivity index (χ2v) is 30.2. The summed E-state index contributed by atoms with van der Waals surface area (Å²) in [6, 6.07) is 22.7. The summed E-state index contributed by atoms with van der Waals surface area (Å²) in [5, 5.41) is 22.1. The molecule has 2 amide bonds. The number of carbonyl (C=O) groups is 2. The van der Waals surface area contributed by atoms with Crippen molar-refractivity contribution in [2.24, 2.45) is 35.5 Å². The van der Waals surface area contributed by atoms with Gasteiger partial charge in [0.25, 0.3) is 11.8 Å². The van der Waals surface area contributed by atoms with E-state index in [-0.39, 0.29) is 70.7 Å². The molecule has 2 spiro atoms. The molecule has 16 nitrogen and oxygen atoms in total. The van der Waals surface area contributed by atoms with Gasteiger partial charge in [0.1, 0.15) is 22.0 Å². The van der Waals surface area contributed by atoms with Crippen LogP contribution < -0.4 is 28.7 Å². The lowest BCUT2D eigenvalue weighted by atomic mass is 9.68. The molecule has 4 N–H and O–H groups in total. The van der Waals surface area contributed by atoms with Crippen molar-refractivity contribution in [2.75, 3.05) is 75.6 Å². The average molecular weight is 1230 g/mol. The lowest BCUT2D eigenvalue weighted by molar-refractivity contribution is 0.0454. The molecule has 4 fully saturated rings. The van der Waals surface area contributed by atoms with Crippen LogP contribution in [0.3, 0.4) is 0 Å². The van der Waals surface area contributed by atoms with Gasteiger partial charge in [-0.1, -0.05) is 59.6 Å². The Bertz CT molecular complexity index is 3280. The molecule has 448 valence electrons. The van der Waals surface area contributed by atoms with Gasteiger partial charge in [-0.15, -0.1) is 0 Å². The minimum atomic E-state index is -3.99. The first-order valence-corrected chi connectivity index (χ1v) is 33.9. The van der Waals surface area contributed by atoms with Crippen LogP contribution in [0.1, 0.15) is 107 Å². The number of carbonyl (C=O) groups excluding carboxylic acids is 2. The fourth-order valence-electron chi connectivity index (χ4n) is 15.5. The number of nitrogens with zero attached hydrogens (tertiary/aromatic N) is 2. The number of aliphatic hydroxyl groups excluding tert-OH is 2. The summed E-state index contributed by atoms with van der Waals surface area (Å²) in [7, 11) is -7.97. The fraction of sp³-hybridized carbons (Fsp3) is 0.531. The number of anilines is 2. The van der Waals surface area contributed by atoms with E-state index in [0.717, 1.165) is 85.6 Å². The number of aliphatic hydroxyl groups is 2. The molecule has 12 atom stereocenters. The number of halogens is 2. The monoisotopic (exact) mass is 1220 g/mol. The highest BCUT2D eigenvalue weighted by molar-refractivity contribution is 7.91. The van der Waals surface area contributed by atoms with Crippen molar-refractivity contribution >= 4 is 66.4 Å². The Balaban J connectivity index is 0.000000157. The molecule has 4 aromatic carbocycles. The van der Waals surface area contributed by atoms with Gasteiger partial charge in [0.05, 0.1) is 63.2 Å². The van der Waals surface area contributed by atoms with Crippen LogP contribution in [0, 0.1) is 35.5 Å². The number of amides is 2. The van der Waals surface area contributed by atoms with E-state index in [9.17, 15) is 36.6 Å². The number of hydrogen-bond acceptors (Lipinski definition) is 14. The summed E-state index contributed by atoms with van der Waals surface area (Å²) in [6.45, 7) is 4.45. The smallest absolute Gasteiger partial charge is 0.264 e. The second-order valence-electron chi connectivity index (χ2n) is 25.5. The molecule has 0 radical (unpaired) electrons. The molecule has 4 aromatic rings. The van der Waals surface area contributed by atoms with E-state index in [2.05, 4.69) is 43.5 Å². The van der Waals surface area contributed by atoms with E-state index in [4.69, 9.17) is 42.1 Å². The molecule has 4 aliphatic carbocycles. The second kappa shape index (κ2) is 23.2. The van der Waals surface area contributed by atoms with Gasteiger partial charge < -0.3 is 39.0 Å². The molecule has 10 aliphatic rings. The maximum absolute atomic E-state index is 13.4. The summed E-state index contributed by atoms with van der Waals surface area (Å²) in [6.07, 6.45) is 16.9. The highest BCUT2D eigenvalue weighted by atomic mass is 35.5. The Morgan fingerprint density at radius 3 is 1.40 bits per heavy atom. The molecule has 14 rings (SSSR count). The number of aryl methyl sites for hydroxylation is 2. The lowest BCUT2D eigenvalue weighted by Gasteiger charge is -2.45. The SMILES string of the molecule is O=C1NS(=O)(=O)[C@@H]2COC[C@H]2C/C=C/[C@@H](O)[C@@H]2CC[C@H]2CN2C[C@@]3(CCCc4cc(Cl)ccc43)COc3ccc1cc32.O=C1NS(=O)(=O)[C@H]2COC[C@@H]2C/C=C/[C@@H](O)[C@@H]2CC[C@H]2CN2C[C@@]3(CCCc4cc(Cl)ccc43)COc3ccc1cc32. The van der Waals surface area contributed by atoms with Crippen LogP contribution in [0.15, 0.2) is 97.1 Å². The first-order valence-electron chi connectivity index (χ1n) is 30.0. The molecule has 0 aromatic heterocycles. The van der Waals surface area contributed by atoms with Gasteiger partial charge in [-0.25, -0.2) is 26.3 Å². The van der Waals surface area contributed by atoms with Gasteiger partial charge in [0, 0.05) is 70.0 Å². The number of rotatable bonds is 0. The Morgan fingerprint density at radius 1 is 0.548 bits per heavy atom. The van der Waals surface area contributed by atoms with Crippen LogP contribution in [0.2, 0.25) is 10.0 Å². The number of hydrogen-bond donors (Lipinski definition) is 4. The summed E-state index contributed by atoms with van der Waals surface area (Å²) in [5.41, 5.74) is 6.57. The van der Waals surface area contributed by atoms with Gasteiger partial charge in [0.2, 0.25) is 20.0 Å². The average Bonchev–Trinajstić information content (AvgIpc) is 2.24. The molecule has 2 saturated carbocycles. The van der Waals surface area contributed by atoms with E-state index in [1.54, 1.807) is 36.4 Å². The number of fused-ring (bicyclic) bond motifs is 10. The highest BCUT2D eigenvalue weighted by Crippen LogP contribution is 2.49. The lowest BCUT2D eigenvalue weighted by Crippen LogP contribution is -2.49. The molecule has 6 heterocycles. The summed E-state index contributed by atoms with van der Waals surface area (Å²) < 4.78 is 82.0. The third-order valence-electron chi connectivity index (χ3n) is 20.4. The number of allylic oxidation sites excluding steroid dienone is 2. The predicted octanol–water partition coefficient (Wildman–Crippen LogP) is 8.47. The zero-order valence-electron chi connectivity index (χ0n) is 47.0. The maximum Gasteiger partial charge on any atom is 0.264 e. The minimum Gasteiger partial charge on any atom is -0.490 e. The van der Waals surface area contributed by atoms with Crippen LogP contribution in [0.4, 0.5) is 11.4 Å². The standard InChI is InChI=1S/2C32H37ClN2O6S/c2*33-24-8-10-26-20(13-24)4-2-12-32(26)18-35-15-22-6-9-25(22)28(36)5-1-3-23-16-40-17-30(23)42(38,39)34-31(37)21-7-11-29(41-19-32)27(35)14-21/h2*1,5,7-8,10-11,13-14,22-23,25,28,30,36H,2-4,6,9,12,15-19H2,(H,34,37)/b2*5-1+/t22-,23+,25+,28+,30+,32-;22-,23-,25+,28+,30-,32-/m00/s1. The van der Waals surface area contributed by atoms with Crippen LogP contribution in [0.5, 0.6) is 11.5 Å². The van der Waals surface area contributed by atoms with Crippen molar-refractivity contribution in [3.05, 3.63) is 141 Å². The van der Waals surface area contributed by atoms with Crippen molar-refractivity contribution in [1.29, 1.82) is 0 Å². The Labute approximate surface area is 502 Å². The van der Waals surface area contributed by atoms with E-state index < -0.39 is 54.6 Å². The molecular weight excluding hydrogens is 1150 g/mol. The first-order chi connectivity index (χ1) is 40.4. The quantitative estimate of drug-likeness (QED) is 0.122. The zero-order valence-corrected chi connectivity index (χ0v) is 50.2. The summed E-state index contributed by atoms with van der Waals surface area (Å²) in [5.74, 6) is 0.237. The molecular formula is C64H74Cl2N4O12S2. The third-order valence-corrected chi connectivity index (χ3v) is 24.5. The molecule has 84 heavy (non-hydrogen) atoms. The van der Waals surface area contributed by atoms with Crippen molar-refractivity contribution in [1.82, 2.24) is 9.44 Å². The van der Waals surface area contributed by atoms with Gasteiger partial charge in [-0.05, 0) is 184 Å². The molecule has 6 aliphatic heterocycles. The molecule has 0 unspecified atom stereocenters. The zero-order chi connectivity index (χ0) is 58.1. The fourth-order valence-corrected chi connectivity index (χ4v) is 18.9. The Kier molecular flexibility index (Phi) is 16.0. The highest BCUT2D eigenvalue weighted by Gasteiger charge is 2.48. The van der Waals surface area contributed by atoms with Crippen molar-refractivity contribution in [3.8, 4) is 11.5 Å². The largest absolute Gasteiger partial charge is 0.490 e. The van der Waals surface area contributed by atoms with Gasteiger partial charge in [-0.3, -0.25) is 9.59 Å². The van der Waals surface area contributed by atoms with Crippen molar-refractivity contribution < 1.29 is 55.6 Å². The van der Waals surface area contributed by atoms with E-state index >= 15 is 0 Å². The summed E-state index contributed by atoms with van der Waals surface area (Å²) in [4.78, 5) is 31.4.